The molecule has 0 aliphatic rings. The smallest absolute Gasteiger partial charge is 0.331 e. The molecule has 24 heavy (non-hydrogen) atoms. The van der Waals surface area contributed by atoms with Gasteiger partial charge in [0.15, 0.2) is 0 Å². The Balaban J connectivity index is 2.30. The molecule has 3 aromatic rings. The summed E-state index contributed by atoms with van der Waals surface area (Å²) in [7, 11) is 4.38. The second-order valence-electron chi connectivity index (χ2n) is 5.42. The molecular weight excluding hydrogens is 315 g/mol. The van der Waals surface area contributed by atoms with Crippen LogP contribution in [0.15, 0.2) is 33.9 Å². The molecular formula is C16H15FN4O3. The number of hydrogen-bond acceptors (Lipinski definition) is 3. The van der Waals surface area contributed by atoms with Gasteiger partial charge < -0.3 is 10.3 Å². The average molecular weight is 330 g/mol. The molecule has 2 aromatic heterocycles. The Labute approximate surface area is 135 Å². The molecule has 0 fully saturated rings. The first kappa shape index (κ1) is 15.7. The van der Waals surface area contributed by atoms with Crippen molar-refractivity contribution in [3.8, 4) is 11.3 Å². The molecule has 2 heterocycles. The van der Waals surface area contributed by atoms with E-state index >= 15 is 0 Å². The molecule has 8 heteroatoms. The summed E-state index contributed by atoms with van der Waals surface area (Å²) in [5, 5.41) is 2.47. The Kier molecular flexibility index (Phi) is 3.59. The molecule has 0 aliphatic heterocycles. The van der Waals surface area contributed by atoms with E-state index in [-0.39, 0.29) is 22.6 Å². The number of H-pyrrole nitrogens is 1. The van der Waals surface area contributed by atoms with Crippen LogP contribution in [-0.2, 0) is 14.1 Å². The number of amides is 1. The molecule has 1 amide bonds. The van der Waals surface area contributed by atoms with Crippen LogP contribution in [0, 0.1) is 5.82 Å². The summed E-state index contributed by atoms with van der Waals surface area (Å²) < 4.78 is 16.5. The summed E-state index contributed by atoms with van der Waals surface area (Å²) in [4.78, 5) is 38.8. The number of halogens is 1. The van der Waals surface area contributed by atoms with Crippen molar-refractivity contribution >= 4 is 16.9 Å². The molecule has 1 aromatic carbocycles. The molecule has 0 bridgehead atoms. The lowest BCUT2D eigenvalue weighted by Crippen LogP contribution is -2.36. The number of aromatic nitrogens is 3. The van der Waals surface area contributed by atoms with Gasteiger partial charge in [-0.05, 0) is 24.3 Å². The Morgan fingerprint density at radius 2 is 1.88 bits per heavy atom. The maximum atomic E-state index is 14.2. The van der Waals surface area contributed by atoms with E-state index in [4.69, 9.17) is 0 Å². The van der Waals surface area contributed by atoms with Crippen LogP contribution in [0.3, 0.4) is 0 Å². The van der Waals surface area contributed by atoms with E-state index in [9.17, 15) is 18.8 Å². The molecule has 0 spiro atoms. The number of aromatic amines is 1. The Hall–Kier alpha value is -3.16. The molecule has 124 valence electrons. The largest absolute Gasteiger partial charge is 0.355 e. The van der Waals surface area contributed by atoms with E-state index in [0.717, 1.165) is 4.57 Å². The second-order valence-corrected chi connectivity index (χ2v) is 5.42. The summed E-state index contributed by atoms with van der Waals surface area (Å²) >= 11 is 0. The number of rotatable bonds is 2. The summed E-state index contributed by atoms with van der Waals surface area (Å²) in [5.41, 5.74) is 0.324. The minimum atomic E-state index is -0.545. The summed E-state index contributed by atoms with van der Waals surface area (Å²) in [6.45, 7) is 0. The van der Waals surface area contributed by atoms with Crippen LogP contribution in [0.5, 0.6) is 0 Å². The van der Waals surface area contributed by atoms with Crippen molar-refractivity contribution in [2.45, 2.75) is 0 Å². The number of nitrogens with one attached hydrogen (secondary N) is 2. The molecule has 0 saturated carbocycles. The van der Waals surface area contributed by atoms with Crippen molar-refractivity contribution in [1.82, 2.24) is 19.4 Å². The molecule has 0 unspecified atom stereocenters. The molecule has 0 atom stereocenters. The quantitative estimate of drug-likeness (QED) is 0.726. The molecule has 2 N–H and O–H groups in total. The number of fused-ring (bicyclic) bond motifs is 1. The van der Waals surface area contributed by atoms with Crippen molar-refractivity contribution in [2.24, 2.45) is 14.1 Å². The summed E-state index contributed by atoms with van der Waals surface area (Å²) in [5.74, 6) is -0.897. The van der Waals surface area contributed by atoms with Gasteiger partial charge in [0.1, 0.15) is 11.3 Å². The minimum Gasteiger partial charge on any atom is -0.355 e. The maximum Gasteiger partial charge on any atom is 0.331 e. The number of carbonyl (C=O) groups is 1. The van der Waals surface area contributed by atoms with E-state index in [2.05, 4.69) is 10.3 Å². The topological polar surface area (TPSA) is 88.9 Å². The zero-order valence-corrected chi connectivity index (χ0v) is 13.3. The van der Waals surface area contributed by atoms with Crippen LogP contribution < -0.4 is 16.6 Å². The highest BCUT2D eigenvalue weighted by atomic mass is 19.1. The van der Waals surface area contributed by atoms with Gasteiger partial charge in [-0.25, -0.2) is 9.18 Å². The molecule has 0 saturated heterocycles. The summed E-state index contributed by atoms with van der Waals surface area (Å²) in [6.07, 6.45) is 0. The van der Waals surface area contributed by atoms with Gasteiger partial charge in [-0.3, -0.25) is 18.7 Å². The maximum absolute atomic E-state index is 14.2. The monoisotopic (exact) mass is 330 g/mol. The lowest BCUT2D eigenvalue weighted by atomic mass is 10.1. The zero-order valence-electron chi connectivity index (χ0n) is 13.3. The van der Waals surface area contributed by atoms with E-state index in [0.29, 0.717) is 11.2 Å². The molecule has 7 nitrogen and oxygen atoms in total. The van der Waals surface area contributed by atoms with Gasteiger partial charge in [-0.1, -0.05) is 0 Å². The van der Waals surface area contributed by atoms with Gasteiger partial charge >= 0.3 is 5.69 Å². The van der Waals surface area contributed by atoms with Gasteiger partial charge in [0.05, 0.1) is 11.2 Å². The Morgan fingerprint density at radius 3 is 2.54 bits per heavy atom. The third kappa shape index (κ3) is 2.23. The number of carbonyl (C=O) groups excluding carboxylic acids is 1. The lowest BCUT2D eigenvalue weighted by molar-refractivity contribution is 0.0963. The average Bonchev–Trinajstić information content (AvgIpc) is 3.03. The first-order chi connectivity index (χ1) is 11.3. The van der Waals surface area contributed by atoms with E-state index in [1.165, 1.54) is 50.0 Å². The number of benzene rings is 1. The second kappa shape index (κ2) is 5.48. The molecule has 0 aliphatic carbocycles. The fourth-order valence-corrected chi connectivity index (χ4v) is 2.62. The third-order valence-electron chi connectivity index (χ3n) is 4.00. The van der Waals surface area contributed by atoms with E-state index in [1.807, 2.05) is 0 Å². The van der Waals surface area contributed by atoms with Gasteiger partial charge in [0.2, 0.25) is 0 Å². The third-order valence-corrected chi connectivity index (χ3v) is 4.00. The van der Waals surface area contributed by atoms with E-state index < -0.39 is 17.1 Å². The van der Waals surface area contributed by atoms with Crippen molar-refractivity contribution in [2.75, 3.05) is 7.05 Å². The highest BCUT2D eigenvalue weighted by molar-refractivity contribution is 5.95. The van der Waals surface area contributed by atoms with Crippen molar-refractivity contribution in [1.29, 1.82) is 0 Å². The van der Waals surface area contributed by atoms with Crippen molar-refractivity contribution in [3.63, 3.8) is 0 Å². The van der Waals surface area contributed by atoms with Gasteiger partial charge in [0, 0.05) is 32.3 Å². The van der Waals surface area contributed by atoms with Crippen molar-refractivity contribution in [3.05, 3.63) is 56.5 Å². The van der Waals surface area contributed by atoms with Crippen LogP contribution >= 0.6 is 0 Å². The fourth-order valence-electron chi connectivity index (χ4n) is 2.62. The Morgan fingerprint density at radius 1 is 1.17 bits per heavy atom. The first-order valence-electron chi connectivity index (χ1n) is 7.16. The number of aryl methyl sites for hydroxylation is 1. The fraction of sp³-hybridized carbons (Fsp3) is 0.188. The minimum absolute atomic E-state index is 0.141. The highest BCUT2D eigenvalue weighted by Gasteiger charge is 2.16. The van der Waals surface area contributed by atoms with Crippen LogP contribution in [-0.4, -0.2) is 27.1 Å². The normalized spacial score (nSPS) is 11.0. The van der Waals surface area contributed by atoms with Crippen LogP contribution in [0.1, 0.15) is 10.4 Å². The van der Waals surface area contributed by atoms with Crippen molar-refractivity contribution < 1.29 is 9.18 Å². The SMILES string of the molecule is CNC(=O)c1ccc(F)c(-c2cc3c([nH]2)c(=O)n(C)c(=O)n3C)c1. The summed E-state index contributed by atoms with van der Waals surface area (Å²) in [6, 6.07) is 5.46. The van der Waals surface area contributed by atoms with Gasteiger partial charge in [0.25, 0.3) is 11.5 Å². The zero-order chi connectivity index (χ0) is 17.6. The van der Waals surface area contributed by atoms with Gasteiger partial charge in [-0.2, -0.15) is 0 Å². The lowest BCUT2D eigenvalue weighted by Gasteiger charge is -2.04. The van der Waals surface area contributed by atoms with Crippen LogP contribution in [0.25, 0.3) is 22.3 Å². The highest BCUT2D eigenvalue weighted by Crippen LogP contribution is 2.25. The van der Waals surface area contributed by atoms with Gasteiger partial charge in [-0.15, -0.1) is 0 Å². The number of nitrogens with zero attached hydrogens (tertiary/aromatic N) is 2. The molecule has 3 rings (SSSR count). The predicted octanol–water partition coefficient (Wildman–Crippen LogP) is 0.731. The standard InChI is InChI=1S/C16H15FN4O3/c1-18-14(22)8-4-5-10(17)9(6-8)11-7-12-13(19-11)15(23)21(3)16(24)20(12)2/h4-7,19H,1-3H3,(H,18,22). The predicted molar refractivity (Wildman–Crippen MR) is 87.6 cm³/mol. The Bertz CT molecular complexity index is 1090. The number of hydrogen-bond donors (Lipinski definition) is 2. The van der Waals surface area contributed by atoms with Crippen LogP contribution in [0.2, 0.25) is 0 Å². The van der Waals surface area contributed by atoms with E-state index in [1.54, 1.807) is 0 Å². The van der Waals surface area contributed by atoms with Crippen LogP contribution in [0.4, 0.5) is 4.39 Å². The molecule has 0 radical (unpaired) electrons. The first-order valence-corrected chi connectivity index (χ1v) is 7.16.